The van der Waals surface area contributed by atoms with Gasteiger partial charge in [0.2, 0.25) is 0 Å². The minimum atomic E-state index is 0.916. The molecule has 0 N–H and O–H groups in total. The number of fused-ring (bicyclic) bond motifs is 3. The van der Waals surface area contributed by atoms with Gasteiger partial charge in [-0.2, -0.15) is 0 Å². The van der Waals surface area contributed by atoms with Crippen molar-refractivity contribution in [2.24, 2.45) is 45.8 Å². The minimum absolute atomic E-state index is 0.916. The van der Waals surface area contributed by atoms with Crippen LogP contribution in [0.25, 0.3) is 0 Å². The maximum Gasteiger partial charge on any atom is -0.0105 e. The summed E-state index contributed by atoms with van der Waals surface area (Å²) in [7, 11) is 0. The molecule has 6 rings (SSSR count). The van der Waals surface area contributed by atoms with Crippen molar-refractivity contribution in [2.45, 2.75) is 32.6 Å². The molecule has 13 heavy (non-hydrogen) atoms. The van der Waals surface area contributed by atoms with E-state index in [0.717, 1.165) is 16.2 Å². The average molecular weight is 172 g/mol. The first-order chi connectivity index (χ1) is 6.31. The van der Waals surface area contributed by atoms with Gasteiger partial charge >= 0.3 is 0 Å². The summed E-state index contributed by atoms with van der Waals surface area (Å²) in [5.41, 5.74) is 2.96. The molecule has 0 aliphatic heterocycles. The molecule has 6 saturated carbocycles. The first kappa shape index (κ1) is 5.78. The van der Waals surface area contributed by atoms with Crippen LogP contribution in [-0.2, 0) is 0 Å². The Bertz CT molecular complexity index is 367. The second kappa shape index (κ2) is 1.06. The van der Waals surface area contributed by atoms with Crippen molar-refractivity contribution in [3.05, 3.63) is 0 Å². The normalized spacial score (nSPS) is 93.5. The molecule has 0 heteroatoms. The van der Waals surface area contributed by atoms with Gasteiger partial charge in [-0.3, -0.25) is 0 Å². The second-order valence-electron chi connectivity index (χ2n) is 7.13. The minimum Gasteiger partial charge on any atom is -0.0585 e. The molecule has 8 unspecified atom stereocenters. The van der Waals surface area contributed by atoms with Gasteiger partial charge in [0.25, 0.3) is 0 Å². The van der Waals surface area contributed by atoms with E-state index in [4.69, 9.17) is 0 Å². The third-order valence-corrected chi connectivity index (χ3v) is 8.28. The van der Waals surface area contributed by atoms with Gasteiger partial charge in [-0.1, -0.05) is 6.92 Å². The second-order valence-corrected chi connectivity index (χ2v) is 7.13. The smallest absolute Gasteiger partial charge is 0.0105 e. The predicted molar refractivity (Wildman–Crippen MR) is 48.9 cm³/mol. The Labute approximate surface area is 79.1 Å². The molecule has 0 heterocycles. The maximum absolute atomic E-state index is 2.67. The standard InChI is InChI=1S/C13H16/c1-11-6-2-3-8(11)10-12-5-4-7(12)9(6)13(10,11)12/h6-10H,2-5H2,1H3. The Morgan fingerprint density at radius 3 is 2.62 bits per heavy atom. The summed E-state index contributed by atoms with van der Waals surface area (Å²) < 4.78 is 0. The molecule has 0 bridgehead atoms. The van der Waals surface area contributed by atoms with Crippen LogP contribution >= 0.6 is 0 Å². The van der Waals surface area contributed by atoms with Gasteiger partial charge in [0.05, 0.1) is 0 Å². The summed E-state index contributed by atoms with van der Waals surface area (Å²) in [6.45, 7) is 2.67. The monoisotopic (exact) mass is 172 g/mol. The number of hydrogen-bond acceptors (Lipinski definition) is 0. The van der Waals surface area contributed by atoms with Crippen LogP contribution in [0.15, 0.2) is 0 Å². The van der Waals surface area contributed by atoms with Crippen molar-refractivity contribution in [3.8, 4) is 0 Å². The van der Waals surface area contributed by atoms with E-state index < -0.39 is 0 Å². The van der Waals surface area contributed by atoms with Crippen molar-refractivity contribution in [2.75, 3.05) is 0 Å². The van der Waals surface area contributed by atoms with Crippen molar-refractivity contribution in [1.82, 2.24) is 0 Å². The first-order valence-corrected chi connectivity index (χ1v) is 6.31. The van der Waals surface area contributed by atoms with Crippen LogP contribution < -0.4 is 0 Å². The van der Waals surface area contributed by atoms with Gasteiger partial charge in [0.1, 0.15) is 0 Å². The van der Waals surface area contributed by atoms with Gasteiger partial charge in [-0.25, -0.2) is 0 Å². The average Bonchev–Trinajstić information content (AvgIpc) is 2.67. The molecule has 0 aromatic carbocycles. The van der Waals surface area contributed by atoms with Crippen molar-refractivity contribution in [3.63, 3.8) is 0 Å². The quantitative estimate of drug-likeness (QED) is 0.527. The molecule has 6 fully saturated rings. The van der Waals surface area contributed by atoms with Crippen LogP contribution in [0.2, 0.25) is 0 Å². The largest absolute Gasteiger partial charge is 0.0585 e. The third kappa shape index (κ3) is 0.213. The van der Waals surface area contributed by atoms with E-state index >= 15 is 0 Å². The highest BCUT2D eigenvalue weighted by Crippen LogP contribution is 3.15. The predicted octanol–water partition coefficient (Wildman–Crippen LogP) is 2.69. The maximum atomic E-state index is 2.67. The van der Waals surface area contributed by atoms with E-state index in [2.05, 4.69) is 6.92 Å². The first-order valence-electron chi connectivity index (χ1n) is 6.31. The Hall–Kier alpha value is 0. The summed E-state index contributed by atoms with van der Waals surface area (Å²) in [5.74, 6) is 6.26. The molecule has 8 atom stereocenters. The SMILES string of the molecule is CC12C3CCC1C1C45CCC4C3C125. The van der Waals surface area contributed by atoms with Crippen LogP contribution in [0.3, 0.4) is 0 Å². The van der Waals surface area contributed by atoms with Crippen LogP contribution in [0.1, 0.15) is 32.6 Å². The Morgan fingerprint density at radius 2 is 1.85 bits per heavy atom. The summed E-state index contributed by atoms with van der Waals surface area (Å²) >= 11 is 0. The molecule has 0 amide bonds. The highest BCUT2D eigenvalue weighted by atomic mass is 15.1. The molecule has 68 valence electrons. The molecular weight excluding hydrogens is 156 g/mol. The molecular formula is C13H16. The Balaban J connectivity index is 1.72. The molecule has 0 aromatic rings. The van der Waals surface area contributed by atoms with Gasteiger partial charge in [0.15, 0.2) is 0 Å². The van der Waals surface area contributed by atoms with Crippen LogP contribution in [0, 0.1) is 45.8 Å². The highest BCUT2D eigenvalue weighted by Gasteiger charge is 3.11. The Morgan fingerprint density at radius 1 is 1.00 bits per heavy atom. The molecule has 0 radical (unpaired) electrons. The zero-order valence-corrected chi connectivity index (χ0v) is 8.22. The lowest BCUT2D eigenvalue weighted by Crippen LogP contribution is -2.74. The molecule has 6 aliphatic rings. The zero-order valence-electron chi connectivity index (χ0n) is 8.22. The van der Waals surface area contributed by atoms with Gasteiger partial charge in [0, 0.05) is 0 Å². The van der Waals surface area contributed by atoms with E-state index in [1.54, 1.807) is 25.7 Å². The molecule has 6 aliphatic carbocycles. The van der Waals surface area contributed by atoms with Crippen molar-refractivity contribution < 1.29 is 0 Å². The lowest BCUT2D eigenvalue weighted by molar-refractivity contribution is -0.315. The molecule has 0 nitrogen and oxygen atoms in total. The Kier molecular flexibility index (Phi) is 0.471. The lowest BCUT2D eigenvalue weighted by atomic mass is 9.26. The van der Waals surface area contributed by atoms with E-state index in [1.807, 2.05) is 0 Å². The van der Waals surface area contributed by atoms with Gasteiger partial charge < -0.3 is 0 Å². The van der Waals surface area contributed by atoms with Gasteiger partial charge in [-0.05, 0) is 71.5 Å². The van der Waals surface area contributed by atoms with Crippen molar-refractivity contribution in [1.29, 1.82) is 0 Å². The highest BCUT2D eigenvalue weighted by molar-refractivity contribution is 5.57. The lowest BCUT2D eigenvalue weighted by Gasteiger charge is -2.78. The summed E-state index contributed by atoms with van der Waals surface area (Å²) in [4.78, 5) is 0. The fourth-order valence-electron chi connectivity index (χ4n) is 8.57. The number of rotatable bonds is 0. The van der Waals surface area contributed by atoms with Crippen LogP contribution in [0.5, 0.6) is 0 Å². The summed E-state index contributed by atoms with van der Waals surface area (Å²) in [6, 6.07) is 0. The van der Waals surface area contributed by atoms with E-state index in [9.17, 15) is 0 Å². The van der Waals surface area contributed by atoms with Crippen LogP contribution in [0.4, 0.5) is 0 Å². The summed E-state index contributed by atoms with van der Waals surface area (Å²) in [6.07, 6.45) is 6.52. The van der Waals surface area contributed by atoms with E-state index in [1.165, 1.54) is 29.6 Å². The summed E-state index contributed by atoms with van der Waals surface area (Å²) in [5, 5.41) is 0. The van der Waals surface area contributed by atoms with Gasteiger partial charge in [-0.15, -0.1) is 0 Å². The fourth-order valence-corrected chi connectivity index (χ4v) is 8.57. The number of hydrogen-bond donors (Lipinski definition) is 0. The molecule has 0 aromatic heterocycles. The van der Waals surface area contributed by atoms with E-state index in [-0.39, 0.29) is 0 Å². The molecule has 0 saturated heterocycles. The third-order valence-electron chi connectivity index (χ3n) is 8.28. The zero-order chi connectivity index (χ0) is 8.22. The van der Waals surface area contributed by atoms with Crippen molar-refractivity contribution >= 4 is 0 Å². The van der Waals surface area contributed by atoms with Crippen LogP contribution in [-0.4, -0.2) is 0 Å². The molecule has 2 spiro atoms. The van der Waals surface area contributed by atoms with E-state index in [0.29, 0.717) is 0 Å². The topological polar surface area (TPSA) is 0 Å². The fraction of sp³-hybridized carbons (Fsp3) is 1.00.